The molecule has 0 aliphatic heterocycles. The van der Waals surface area contributed by atoms with Crippen molar-refractivity contribution in [2.75, 3.05) is 6.61 Å². The molecule has 0 aliphatic rings. The summed E-state index contributed by atoms with van der Waals surface area (Å²) in [5, 5.41) is 0. The summed E-state index contributed by atoms with van der Waals surface area (Å²) in [7, 11) is -4.65. The molecule has 2 rings (SSSR count). The van der Waals surface area contributed by atoms with E-state index in [4.69, 9.17) is 0 Å². The minimum Gasteiger partial charge on any atom is -0.486 e. The van der Waals surface area contributed by atoms with Gasteiger partial charge in [-0.25, -0.2) is 21.6 Å². The highest BCUT2D eigenvalue weighted by molar-refractivity contribution is 7.89. The number of hydrogen-bond acceptors (Lipinski definition) is 3. The number of sulfonamides is 1. The molecule has 0 amide bonds. The predicted octanol–water partition coefficient (Wildman–Crippen LogP) is 4.32. The molecule has 4 nitrogen and oxygen atoms in total. The Labute approximate surface area is 163 Å². The van der Waals surface area contributed by atoms with Gasteiger partial charge in [-0.2, -0.15) is 17.9 Å². The van der Waals surface area contributed by atoms with Gasteiger partial charge >= 0.3 is 6.18 Å². The molecule has 0 fully saturated rings. The van der Waals surface area contributed by atoms with E-state index in [1.165, 1.54) is 30.7 Å². The molecular formula is C18H17F6NO3S. The van der Waals surface area contributed by atoms with Gasteiger partial charge in [0.2, 0.25) is 10.0 Å². The molecule has 0 bridgehead atoms. The molecule has 0 aliphatic carbocycles. The molecule has 0 radical (unpaired) electrons. The van der Waals surface area contributed by atoms with E-state index >= 15 is 0 Å². The average Bonchev–Trinajstić information content (AvgIpc) is 2.50. The molecular weight excluding hydrogens is 424 g/mol. The van der Waals surface area contributed by atoms with E-state index < -0.39 is 52.0 Å². The van der Waals surface area contributed by atoms with Gasteiger partial charge in [0.05, 0.1) is 4.90 Å². The van der Waals surface area contributed by atoms with Crippen molar-refractivity contribution in [1.82, 2.24) is 4.72 Å². The van der Waals surface area contributed by atoms with Crippen LogP contribution in [-0.4, -0.2) is 27.2 Å². The summed E-state index contributed by atoms with van der Waals surface area (Å²) in [6.07, 6.45) is -5.13. The SMILES string of the molecule is Cc1cc(C)c(S(=O)(=O)NC(COc2c(F)cc(F)cc2F)C(F)(F)F)c(C)c1. The number of alkyl halides is 3. The zero-order valence-electron chi connectivity index (χ0n) is 15.5. The number of halogens is 6. The molecule has 1 unspecified atom stereocenters. The monoisotopic (exact) mass is 441 g/mol. The second kappa shape index (κ2) is 8.23. The zero-order chi connectivity index (χ0) is 22.1. The Morgan fingerprint density at radius 1 is 0.966 bits per heavy atom. The van der Waals surface area contributed by atoms with Crippen LogP contribution in [0.5, 0.6) is 5.75 Å². The summed E-state index contributed by atoms with van der Waals surface area (Å²) in [6, 6.07) is 0.624. The van der Waals surface area contributed by atoms with E-state index in [0.29, 0.717) is 0 Å². The second-order valence-electron chi connectivity index (χ2n) is 6.45. The van der Waals surface area contributed by atoms with Crippen molar-refractivity contribution in [3.8, 4) is 5.75 Å². The summed E-state index contributed by atoms with van der Waals surface area (Å²) < 4.78 is 111. The van der Waals surface area contributed by atoms with Gasteiger partial charge in [0.1, 0.15) is 12.4 Å². The van der Waals surface area contributed by atoms with Gasteiger partial charge in [-0.1, -0.05) is 17.7 Å². The lowest BCUT2D eigenvalue weighted by atomic mass is 10.1. The normalized spacial score (nSPS) is 13.4. The minimum atomic E-state index is -5.13. The summed E-state index contributed by atoms with van der Waals surface area (Å²) in [4.78, 5) is -0.337. The summed E-state index contributed by atoms with van der Waals surface area (Å²) in [6.45, 7) is 3.09. The van der Waals surface area contributed by atoms with Crippen LogP contribution in [0.3, 0.4) is 0 Å². The molecule has 0 saturated heterocycles. The standard InChI is InChI=1S/C18H17F6NO3S/c1-9-4-10(2)17(11(3)5-9)29(26,27)25-15(18(22,23)24)8-28-16-13(20)6-12(19)7-14(16)21/h4-7,15,25H,8H2,1-3H3. The van der Waals surface area contributed by atoms with Gasteiger partial charge in [0.15, 0.2) is 23.4 Å². The number of rotatable bonds is 6. The first-order valence-corrected chi connectivity index (χ1v) is 9.65. The third-order valence-corrected chi connectivity index (χ3v) is 5.70. The van der Waals surface area contributed by atoms with E-state index in [9.17, 15) is 34.8 Å². The van der Waals surface area contributed by atoms with Gasteiger partial charge in [-0.05, 0) is 31.9 Å². The molecule has 160 valence electrons. The topological polar surface area (TPSA) is 55.4 Å². The maximum absolute atomic E-state index is 13.6. The van der Waals surface area contributed by atoms with Crippen molar-refractivity contribution < 1.29 is 39.5 Å². The number of hydrogen-bond donors (Lipinski definition) is 1. The number of nitrogens with one attached hydrogen (secondary N) is 1. The zero-order valence-corrected chi connectivity index (χ0v) is 16.3. The van der Waals surface area contributed by atoms with Crippen LogP contribution in [0.15, 0.2) is 29.2 Å². The van der Waals surface area contributed by atoms with Gasteiger partial charge in [-0.3, -0.25) is 0 Å². The van der Waals surface area contributed by atoms with E-state index in [0.717, 1.165) is 5.56 Å². The van der Waals surface area contributed by atoms with Crippen LogP contribution in [0.4, 0.5) is 26.3 Å². The third-order valence-electron chi connectivity index (χ3n) is 3.92. The van der Waals surface area contributed by atoms with Crippen molar-refractivity contribution in [3.63, 3.8) is 0 Å². The third kappa shape index (κ3) is 5.41. The maximum Gasteiger partial charge on any atom is 0.408 e. The van der Waals surface area contributed by atoms with Crippen LogP contribution in [0, 0.1) is 38.2 Å². The fraction of sp³-hybridized carbons (Fsp3) is 0.333. The fourth-order valence-electron chi connectivity index (χ4n) is 2.87. The van der Waals surface area contributed by atoms with Crippen LogP contribution in [0.1, 0.15) is 16.7 Å². The van der Waals surface area contributed by atoms with Gasteiger partial charge in [-0.15, -0.1) is 0 Å². The van der Waals surface area contributed by atoms with Gasteiger partial charge in [0, 0.05) is 12.1 Å². The maximum atomic E-state index is 13.6. The van der Waals surface area contributed by atoms with Gasteiger partial charge < -0.3 is 4.74 Å². The first-order valence-electron chi connectivity index (χ1n) is 8.16. The fourth-order valence-corrected chi connectivity index (χ4v) is 4.53. The van der Waals surface area contributed by atoms with Crippen molar-refractivity contribution >= 4 is 10.0 Å². The van der Waals surface area contributed by atoms with E-state index in [1.807, 2.05) is 0 Å². The quantitative estimate of drug-likeness (QED) is 0.680. The molecule has 0 aromatic heterocycles. The predicted molar refractivity (Wildman–Crippen MR) is 92.6 cm³/mol. The Morgan fingerprint density at radius 2 is 1.45 bits per heavy atom. The summed E-state index contributed by atoms with van der Waals surface area (Å²) in [5.74, 6) is -5.65. The van der Waals surface area contributed by atoms with E-state index in [2.05, 4.69) is 4.74 Å². The Bertz CT molecular complexity index is 975. The highest BCUT2D eigenvalue weighted by atomic mass is 32.2. The lowest BCUT2D eigenvalue weighted by Crippen LogP contribution is -2.49. The molecule has 1 N–H and O–H groups in total. The van der Waals surface area contributed by atoms with Crippen molar-refractivity contribution in [1.29, 1.82) is 0 Å². The Balaban J connectivity index is 2.33. The lowest BCUT2D eigenvalue weighted by Gasteiger charge is -2.23. The highest BCUT2D eigenvalue weighted by Gasteiger charge is 2.43. The number of benzene rings is 2. The average molecular weight is 441 g/mol. The molecule has 2 aromatic rings. The molecule has 1 atom stereocenters. The van der Waals surface area contributed by atoms with E-state index in [-0.39, 0.29) is 28.2 Å². The molecule has 0 saturated carbocycles. The first kappa shape index (κ1) is 23.0. The lowest BCUT2D eigenvalue weighted by molar-refractivity contribution is -0.157. The molecule has 0 spiro atoms. The summed E-state index contributed by atoms with van der Waals surface area (Å²) in [5.41, 5.74) is 1.18. The highest BCUT2D eigenvalue weighted by Crippen LogP contribution is 2.28. The van der Waals surface area contributed by atoms with Crippen LogP contribution in [0.25, 0.3) is 0 Å². The van der Waals surface area contributed by atoms with Crippen LogP contribution in [0.2, 0.25) is 0 Å². The smallest absolute Gasteiger partial charge is 0.408 e. The van der Waals surface area contributed by atoms with Crippen molar-refractivity contribution in [3.05, 3.63) is 58.4 Å². The molecule has 0 heterocycles. The Morgan fingerprint density at radius 3 is 1.90 bits per heavy atom. The van der Waals surface area contributed by atoms with Crippen LogP contribution < -0.4 is 9.46 Å². The summed E-state index contributed by atoms with van der Waals surface area (Å²) >= 11 is 0. The van der Waals surface area contributed by atoms with Crippen molar-refractivity contribution in [2.45, 2.75) is 37.9 Å². The molecule has 11 heteroatoms. The van der Waals surface area contributed by atoms with Crippen molar-refractivity contribution in [2.24, 2.45) is 0 Å². The Kier molecular flexibility index (Phi) is 6.53. The Hall–Kier alpha value is -2.27. The second-order valence-corrected chi connectivity index (χ2v) is 8.10. The molecule has 2 aromatic carbocycles. The largest absolute Gasteiger partial charge is 0.486 e. The van der Waals surface area contributed by atoms with E-state index in [1.54, 1.807) is 6.92 Å². The minimum absolute atomic E-state index is 0.226. The number of ether oxygens (including phenoxy) is 1. The van der Waals surface area contributed by atoms with Crippen LogP contribution >= 0.6 is 0 Å². The van der Waals surface area contributed by atoms with Crippen LogP contribution in [-0.2, 0) is 10.0 Å². The van der Waals surface area contributed by atoms with Gasteiger partial charge in [0.25, 0.3) is 0 Å². The first-order chi connectivity index (χ1) is 13.2. The number of aryl methyl sites for hydroxylation is 3. The molecule has 29 heavy (non-hydrogen) atoms.